The number of para-hydroxylation sites is 2. The molecule has 2 aliphatic rings. The molecule has 1 atom stereocenters. The molecule has 2 aliphatic heterocycles. The number of hydrogen-bond donors (Lipinski definition) is 1. The van der Waals surface area contributed by atoms with Crippen LogP contribution in [0.4, 0.5) is 5.69 Å². The summed E-state index contributed by atoms with van der Waals surface area (Å²) in [6.45, 7) is 6.82. The zero-order chi connectivity index (χ0) is 17.6. The van der Waals surface area contributed by atoms with Gasteiger partial charge in [-0.05, 0) is 31.5 Å². The number of piperazine rings is 1. The Labute approximate surface area is 150 Å². The van der Waals surface area contributed by atoms with Crippen molar-refractivity contribution in [3.8, 4) is 5.75 Å². The van der Waals surface area contributed by atoms with E-state index in [-0.39, 0.29) is 6.42 Å². The molecule has 0 aliphatic carbocycles. The molecule has 25 heavy (non-hydrogen) atoms. The lowest BCUT2D eigenvalue weighted by Gasteiger charge is -2.44. The number of nitrogens with zero attached hydrogens (tertiary/aromatic N) is 3. The summed E-state index contributed by atoms with van der Waals surface area (Å²) in [6.07, 6.45) is 2.63. The molecule has 1 N–H and O–H groups in total. The normalized spacial score (nSPS) is 22.8. The minimum absolute atomic E-state index is 0.244. The van der Waals surface area contributed by atoms with Gasteiger partial charge in [-0.3, -0.25) is 9.69 Å². The minimum Gasteiger partial charge on any atom is -0.495 e. The first kappa shape index (κ1) is 18.0. The molecule has 3 rings (SSSR count). The third kappa shape index (κ3) is 4.64. The Morgan fingerprint density at radius 1 is 1.20 bits per heavy atom. The molecule has 2 fully saturated rings. The van der Waals surface area contributed by atoms with Gasteiger partial charge in [-0.1, -0.05) is 12.1 Å². The number of carbonyl (C=O) groups is 1. The van der Waals surface area contributed by atoms with Crippen LogP contribution in [0.1, 0.15) is 19.3 Å². The summed E-state index contributed by atoms with van der Waals surface area (Å²) in [5.74, 6) is 0.237. The lowest BCUT2D eigenvalue weighted by molar-refractivity contribution is -0.137. The van der Waals surface area contributed by atoms with Crippen molar-refractivity contribution in [3.05, 3.63) is 24.3 Å². The van der Waals surface area contributed by atoms with Crippen LogP contribution in [0.15, 0.2) is 24.3 Å². The van der Waals surface area contributed by atoms with Crippen LogP contribution < -0.4 is 9.64 Å². The van der Waals surface area contributed by atoms with E-state index in [1.807, 2.05) is 12.1 Å². The number of piperidine rings is 1. The average Bonchev–Trinajstić information content (AvgIpc) is 2.66. The van der Waals surface area contributed by atoms with Gasteiger partial charge in [0.15, 0.2) is 0 Å². The van der Waals surface area contributed by atoms with Gasteiger partial charge in [0.25, 0.3) is 0 Å². The van der Waals surface area contributed by atoms with Crippen LogP contribution in [0.5, 0.6) is 5.75 Å². The fraction of sp³-hybridized carbons (Fsp3) is 0.632. The van der Waals surface area contributed by atoms with Crippen LogP contribution in [-0.4, -0.2) is 79.8 Å². The molecule has 138 valence electrons. The van der Waals surface area contributed by atoms with Crippen molar-refractivity contribution in [2.75, 3.05) is 57.8 Å². The van der Waals surface area contributed by atoms with Crippen molar-refractivity contribution in [1.29, 1.82) is 0 Å². The molecule has 0 spiro atoms. The summed E-state index contributed by atoms with van der Waals surface area (Å²) in [4.78, 5) is 18.1. The second-order valence-electron chi connectivity index (χ2n) is 6.94. The maximum atomic E-state index is 10.8. The van der Waals surface area contributed by atoms with Crippen LogP contribution in [-0.2, 0) is 4.79 Å². The largest absolute Gasteiger partial charge is 0.495 e. The van der Waals surface area contributed by atoms with E-state index in [0.717, 1.165) is 51.4 Å². The second-order valence-corrected chi connectivity index (χ2v) is 6.94. The van der Waals surface area contributed by atoms with E-state index in [0.29, 0.717) is 12.6 Å². The zero-order valence-electron chi connectivity index (χ0n) is 15.1. The van der Waals surface area contributed by atoms with Crippen LogP contribution >= 0.6 is 0 Å². The van der Waals surface area contributed by atoms with Crippen LogP contribution in [0.2, 0.25) is 0 Å². The number of anilines is 1. The first-order valence-corrected chi connectivity index (χ1v) is 9.23. The Morgan fingerprint density at radius 2 is 1.96 bits per heavy atom. The Hall–Kier alpha value is -1.79. The fourth-order valence-electron chi connectivity index (χ4n) is 4.01. The number of rotatable bonds is 6. The van der Waals surface area contributed by atoms with Crippen molar-refractivity contribution in [2.45, 2.75) is 25.3 Å². The molecule has 1 unspecified atom stereocenters. The predicted molar refractivity (Wildman–Crippen MR) is 98.5 cm³/mol. The average molecular weight is 347 g/mol. The Bertz CT molecular complexity index is 573. The summed E-state index contributed by atoms with van der Waals surface area (Å²) in [7, 11) is 1.73. The SMILES string of the molecule is COc1ccccc1N1CCN(C2CCCN(CCC(=O)O)C2)CC1. The van der Waals surface area contributed by atoms with Crippen LogP contribution in [0.3, 0.4) is 0 Å². The number of methoxy groups -OCH3 is 1. The lowest BCUT2D eigenvalue weighted by Crippen LogP contribution is -2.55. The third-order valence-corrected chi connectivity index (χ3v) is 5.38. The molecule has 0 saturated carbocycles. The number of carboxylic acids is 1. The molecule has 0 amide bonds. The summed E-state index contributed by atoms with van der Waals surface area (Å²) in [5.41, 5.74) is 1.18. The number of benzene rings is 1. The molecule has 6 heteroatoms. The maximum absolute atomic E-state index is 10.8. The summed E-state index contributed by atoms with van der Waals surface area (Å²) < 4.78 is 5.49. The van der Waals surface area contributed by atoms with Gasteiger partial charge < -0.3 is 19.6 Å². The van der Waals surface area contributed by atoms with E-state index < -0.39 is 5.97 Å². The topological polar surface area (TPSA) is 56.2 Å². The van der Waals surface area contributed by atoms with Gasteiger partial charge in [0.05, 0.1) is 19.2 Å². The molecule has 1 aromatic rings. The monoisotopic (exact) mass is 347 g/mol. The third-order valence-electron chi connectivity index (χ3n) is 5.38. The van der Waals surface area contributed by atoms with E-state index in [1.165, 1.54) is 12.1 Å². The molecule has 0 aromatic heterocycles. The van der Waals surface area contributed by atoms with Crippen molar-refractivity contribution in [3.63, 3.8) is 0 Å². The Kier molecular flexibility index (Phi) is 6.15. The zero-order valence-corrected chi connectivity index (χ0v) is 15.1. The Morgan fingerprint density at radius 3 is 2.68 bits per heavy atom. The Balaban J connectivity index is 1.52. The van der Waals surface area contributed by atoms with Crippen LogP contribution in [0.25, 0.3) is 0 Å². The first-order valence-electron chi connectivity index (χ1n) is 9.23. The molecular weight excluding hydrogens is 318 g/mol. The van der Waals surface area contributed by atoms with Crippen molar-refractivity contribution in [2.24, 2.45) is 0 Å². The standard InChI is InChI=1S/C19H29N3O3/c1-25-18-7-3-2-6-17(18)22-13-11-21(12-14-22)16-5-4-9-20(15-16)10-8-19(23)24/h2-3,6-7,16H,4-5,8-15H2,1H3,(H,23,24). The van der Waals surface area contributed by atoms with Crippen LogP contribution in [0, 0.1) is 0 Å². The van der Waals surface area contributed by atoms with Gasteiger partial charge >= 0.3 is 5.97 Å². The minimum atomic E-state index is -0.701. The molecule has 2 heterocycles. The fourth-order valence-corrected chi connectivity index (χ4v) is 4.01. The molecule has 2 saturated heterocycles. The highest BCUT2D eigenvalue weighted by molar-refractivity contribution is 5.66. The van der Waals surface area contributed by atoms with Gasteiger partial charge in [-0.15, -0.1) is 0 Å². The molecular formula is C19H29N3O3. The molecule has 6 nitrogen and oxygen atoms in total. The smallest absolute Gasteiger partial charge is 0.304 e. The molecule has 1 aromatic carbocycles. The van der Waals surface area contributed by atoms with Gasteiger partial charge in [0.1, 0.15) is 5.75 Å². The number of hydrogen-bond acceptors (Lipinski definition) is 5. The van der Waals surface area contributed by atoms with E-state index >= 15 is 0 Å². The van der Waals surface area contributed by atoms with E-state index in [2.05, 4.69) is 26.8 Å². The number of likely N-dealkylation sites (tertiary alicyclic amines) is 1. The first-order chi connectivity index (χ1) is 12.2. The molecule has 0 bridgehead atoms. The van der Waals surface area contributed by atoms with Crippen molar-refractivity contribution < 1.29 is 14.6 Å². The van der Waals surface area contributed by atoms with Gasteiger partial charge in [-0.25, -0.2) is 0 Å². The number of aliphatic carboxylic acids is 1. The quantitative estimate of drug-likeness (QED) is 0.846. The van der Waals surface area contributed by atoms with E-state index in [4.69, 9.17) is 9.84 Å². The van der Waals surface area contributed by atoms with E-state index in [1.54, 1.807) is 7.11 Å². The second kappa shape index (κ2) is 8.54. The molecule has 0 radical (unpaired) electrons. The van der Waals surface area contributed by atoms with Crippen molar-refractivity contribution >= 4 is 11.7 Å². The summed E-state index contributed by atoms with van der Waals surface area (Å²) >= 11 is 0. The van der Waals surface area contributed by atoms with Crippen molar-refractivity contribution in [1.82, 2.24) is 9.80 Å². The summed E-state index contributed by atoms with van der Waals surface area (Å²) in [5, 5.41) is 8.89. The van der Waals surface area contributed by atoms with Gasteiger partial charge in [0, 0.05) is 45.3 Å². The van der Waals surface area contributed by atoms with Gasteiger partial charge in [-0.2, -0.15) is 0 Å². The predicted octanol–water partition coefficient (Wildman–Crippen LogP) is 1.76. The summed E-state index contributed by atoms with van der Waals surface area (Å²) in [6, 6.07) is 8.77. The highest BCUT2D eigenvalue weighted by Gasteiger charge is 2.28. The lowest BCUT2D eigenvalue weighted by atomic mass is 10.0. The highest BCUT2D eigenvalue weighted by Crippen LogP contribution is 2.29. The highest BCUT2D eigenvalue weighted by atomic mass is 16.5. The van der Waals surface area contributed by atoms with E-state index in [9.17, 15) is 4.79 Å². The van der Waals surface area contributed by atoms with Gasteiger partial charge in [0.2, 0.25) is 0 Å². The number of ether oxygens (including phenoxy) is 1. The number of carboxylic acid groups (broad SMARTS) is 1. The maximum Gasteiger partial charge on any atom is 0.304 e.